The maximum absolute atomic E-state index is 16.1. The van der Waals surface area contributed by atoms with Crippen LogP contribution in [0.3, 0.4) is 0 Å². The summed E-state index contributed by atoms with van der Waals surface area (Å²) in [5, 5.41) is 0. The van der Waals surface area contributed by atoms with Gasteiger partial charge < -0.3 is 9.88 Å². The molecule has 3 nitrogen and oxygen atoms in total. The lowest BCUT2D eigenvalue weighted by Crippen LogP contribution is -2.59. The predicted molar refractivity (Wildman–Crippen MR) is 196 cm³/mol. The molecule has 0 spiro atoms. The highest BCUT2D eigenvalue weighted by atomic mass is 32.2. The second-order valence-electron chi connectivity index (χ2n) is 14.1. The van der Waals surface area contributed by atoms with Gasteiger partial charge in [0.25, 0.3) is 0 Å². The monoisotopic (exact) mass is 723 g/mol. The Hall–Kier alpha value is -4.96. The first-order chi connectivity index (χ1) is 24.7. The Bertz CT molecular complexity index is 2360. The van der Waals surface area contributed by atoms with Crippen molar-refractivity contribution in [2.45, 2.75) is 48.8 Å². The van der Waals surface area contributed by atoms with E-state index in [-0.39, 0.29) is 22.3 Å². The van der Waals surface area contributed by atoms with Gasteiger partial charge in [-0.25, -0.2) is 4.98 Å². The van der Waals surface area contributed by atoms with Crippen molar-refractivity contribution in [1.29, 1.82) is 0 Å². The number of H-pyrrole nitrogens is 1. The quantitative estimate of drug-likeness (QED) is 0.187. The van der Waals surface area contributed by atoms with E-state index in [2.05, 4.69) is 4.98 Å². The molecule has 9 rings (SSSR count). The molecule has 1 aromatic heterocycles. The average Bonchev–Trinajstić information content (AvgIpc) is 3.80. The van der Waals surface area contributed by atoms with Crippen LogP contribution in [-0.4, -0.2) is 45.1 Å². The third kappa shape index (κ3) is 3.88. The molecular formula is C42H31F6N3S. The van der Waals surface area contributed by atoms with Crippen molar-refractivity contribution in [2.75, 3.05) is 11.9 Å². The molecule has 2 aliphatic heterocycles. The molecule has 10 heteroatoms. The molecule has 0 bridgehead atoms. The van der Waals surface area contributed by atoms with E-state index < -0.39 is 39.2 Å². The van der Waals surface area contributed by atoms with Crippen LogP contribution in [0, 0.1) is 0 Å². The summed E-state index contributed by atoms with van der Waals surface area (Å²) in [7, 11) is 1.71. The minimum Gasteiger partial charge on any atom is -0.363 e. The second kappa shape index (κ2) is 10.6. The van der Waals surface area contributed by atoms with Gasteiger partial charge in [-0.3, -0.25) is 0 Å². The first-order valence-electron chi connectivity index (χ1n) is 16.9. The summed E-state index contributed by atoms with van der Waals surface area (Å²) >= 11 is 1.26. The number of alkyl halides is 6. The molecule has 2 atom stereocenters. The standard InChI is InChI=1S/C42H31F6N3S/c1-23-30-32-33(41(45,46)42(47,48)40(32,43)44)31-28-17-11-12-18-29(28)51(4)38(31,2)39(30,3)52-36(23)26-19-21-27(22-20-26)37-49-34(24-13-7-5-8-14-24)35(50-37)25-15-9-6-10-16-25/h5-22H,1-4H3,(H,49,50). The van der Waals surface area contributed by atoms with E-state index in [9.17, 15) is 0 Å². The lowest BCUT2D eigenvalue weighted by molar-refractivity contribution is -0.257. The first-order valence-corrected chi connectivity index (χ1v) is 17.7. The topological polar surface area (TPSA) is 31.9 Å². The van der Waals surface area contributed by atoms with Crippen LogP contribution in [0.5, 0.6) is 0 Å². The number of para-hydroxylation sites is 1. The average molecular weight is 724 g/mol. The number of anilines is 1. The molecule has 1 N–H and O–H groups in total. The fraction of sp³-hybridized carbons (Fsp3) is 0.214. The molecule has 3 heterocycles. The Balaban J connectivity index is 1.20. The Morgan fingerprint density at radius 1 is 0.615 bits per heavy atom. The number of thioether (sulfide) groups is 1. The van der Waals surface area contributed by atoms with Gasteiger partial charge in [0.15, 0.2) is 0 Å². The van der Waals surface area contributed by atoms with Crippen molar-refractivity contribution >= 4 is 27.9 Å². The van der Waals surface area contributed by atoms with E-state index in [1.165, 1.54) is 11.8 Å². The van der Waals surface area contributed by atoms with Crippen LogP contribution in [0.1, 0.15) is 31.9 Å². The number of halogens is 6. The van der Waals surface area contributed by atoms with Gasteiger partial charge in [0.05, 0.1) is 21.7 Å². The number of nitrogens with one attached hydrogen (secondary N) is 1. The zero-order chi connectivity index (χ0) is 36.6. The smallest absolute Gasteiger partial charge is 0.363 e. The van der Waals surface area contributed by atoms with Crippen molar-refractivity contribution < 1.29 is 26.3 Å². The van der Waals surface area contributed by atoms with Gasteiger partial charge >= 0.3 is 17.8 Å². The fourth-order valence-corrected chi connectivity index (χ4v) is 10.4. The van der Waals surface area contributed by atoms with Gasteiger partial charge in [-0.05, 0) is 49.1 Å². The number of nitrogens with zero attached hydrogens (tertiary/aromatic N) is 2. The number of fused-ring (bicyclic) bond motifs is 6. The van der Waals surface area contributed by atoms with Crippen molar-refractivity contribution in [3.05, 3.63) is 143 Å². The van der Waals surface area contributed by atoms with Crippen molar-refractivity contribution in [3.63, 3.8) is 0 Å². The molecule has 4 aromatic carbocycles. The van der Waals surface area contributed by atoms with Gasteiger partial charge in [-0.2, -0.15) is 26.3 Å². The molecule has 0 saturated heterocycles. The summed E-state index contributed by atoms with van der Waals surface area (Å²) in [6, 6.07) is 33.7. The van der Waals surface area contributed by atoms with E-state index in [1.807, 2.05) is 84.9 Å². The van der Waals surface area contributed by atoms with E-state index in [1.54, 1.807) is 57.0 Å². The maximum atomic E-state index is 16.1. The molecule has 2 unspecified atom stereocenters. The van der Waals surface area contributed by atoms with E-state index >= 15 is 26.3 Å². The third-order valence-electron chi connectivity index (χ3n) is 11.5. The Morgan fingerprint density at radius 3 is 1.79 bits per heavy atom. The van der Waals surface area contributed by atoms with Crippen molar-refractivity contribution in [2.24, 2.45) is 0 Å². The Kier molecular flexibility index (Phi) is 6.68. The van der Waals surface area contributed by atoms with Crippen LogP contribution < -0.4 is 4.90 Å². The number of hydrogen-bond donors (Lipinski definition) is 1. The van der Waals surface area contributed by atoms with Gasteiger partial charge in [-0.15, -0.1) is 11.8 Å². The highest BCUT2D eigenvalue weighted by Crippen LogP contribution is 2.75. The van der Waals surface area contributed by atoms with Crippen LogP contribution in [0.25, 0.3) is 44.4 Å². The molecule has 262 valence electrons. The number of allylic oxidation sites excluding steroid dienone is 3. The van der Waals surface area contributed by atoms with Crippen LogP contribution in [0.4, 0.5) is 32.0 Å². The van der Waals surface area contributed by atoms with Gasteiger partial charge in [0, 0.05) is 51.0 Å². The summed E-state index contributed by atoms with van der Waals surface area (Å²) in [5.74, 6) is -15.2. The van der Waals surface area contributed by atoms with Crippen molar-refractivity contribution in [1.82, 2.24) is 9.97 Å². The van der Waals surface area contributed by atoms with Crippen LogP contribution in [0.2, 0.25) is 0 Å². The van der Waals surface area contributed by atoms with E-state index in [4.69, 9.17) is 4.98 Å². The molecule has 52 heavy (non-hydrogen) atoms. The lowest BCUT2D eigenvalue weighted by atomic mass is 9.65. The van der Waals surface area contributed by atoms with Crippen molar-refractivity contribution in [3.8, 4) is 33.9 Å². The summed E-state index contributed by atoms with van der Waals surface area (Å²) in [6.07, 6.45) is 0. The molecule has 2 aliphatic carbocycles. The fourth-order valence-electron chi connectivity index (χ4n) is 8.73. The van der Waals surface area contributed by atoms with Gasteiger partial charge in [-0.1, -0.05) is 103 Å². The predicted octanol–water partition coefficient (Wildman–Crippen LogP) is 11.5. The molecule has 1 fully saturated rings. The number of aromatic nitrogens is 2. The molecule has 4 aliphatic rings. The SMILES string of the molecule is CC1=C(c2ccc(-c3nc(-c4ccccc4)c(-c4ccccc4)[nH]3)cc2)SC2(C)C1=C1C(=C3c4ccccc4N(C)C32C)C(F)(F)C(F)(F)C1(F)F. The summed E-state index contributed by atoms with van der Waals surface area (Å²) in [6.45, 7) is 5.00. The molecule has 1 saturated carbocycles. The van der Waals surface area contributed by atoms with Crippen LogP contribution >= 0.6 is 11.8 Å². The van der Waals surface area contributed by atoms with E-state index in [0.717, 1.165) is 28.1 Å². The zero-order valence-electron chi connectivity index (χ0n) is 28.5. The zero-order valence-corrected chi connectivity index (χ0v) is 29.3. The maximum Gasteiger partial charge on any atom is 0.380 e. The summed E-state index contributed by atoms with van der Waals surface area (Å²) in [5.41, 5.74) is 1.77. The number of aromatic amines is 1. The number of benzene rings is 4. The van der Waals surface area contributed by atoms with Gasteiger partial charge in [0.1, 0.15) is 5.82 Å². The third-order valence-corrected chi connectivity index (χ3v) is 13.3. The molecule has 0 amide bonds. The largest absolute Gasteiger partial charge is 0.380 e. The van der Waals surface area contributed by atoms with Crippen LogP contribution in [0.15, 0.2) is 131 Å². The molecule has 0 radical (unpaired) electrons. The number of likely N-dealkylation sites (N-methyl/N-ethyl adjacent to an activating group) is 1. The summed E-state index contributed by atoms with van der Waals surface area (Å²) < 4.78 is 93.6. The minimum atomic E-state index is -5.62. The van der Waals surface area contributed by atoms with Gasteiger partial charge in [0.2, 0.25) is 0 Å². The molecule has 5 aromatic rings. The number of imidazole rings is 1. The lowest BCUT2D eigenvalue weighted by Gasteiger charge is -2.52. The Labute approximate surface area is 300 Å². The number of hydrogen-bond acceptors (Lipinski definition) is 3. The first kappa shape index (κ1) is 32.9. The van der Waals surface area contributed by atoms with E-state index in [0.29, 0.717) is 22.0 Å². The number of rotatable bonds is 4. The minimum absolute atomic E-state index is 0.162. The second-order valence-corrected chi connectivity index (χ2v) is 15.5. The summed E-state index contributed by atoms with van der Waals surface area (Å²) in [4.78, 5) is 10.8. The normalized spacial score (nSPS) is 25.0. The molecular weight excluding hydrogens is 693 g/mol. The van der Waals surface area contributed by atoms with Crippen LogP contribution in [-0.2, 0) is 0 Å². The highest BCUT2D eigenvalue weighted by molar-refractivity contribution is 8.10. The highest BCUT2D eigenvalue weighted by Gasteiger charge is 2.85. The Morgan fingerprint density at radius 2 is 1.15 bits per heavy atom.